The zero-order valence-corrected chi connectivity index (χ0v) is 9.61. The van der Waals surface area contributed by atoms with Crippen LogP contribution in [0.1, 0.15) is 0 Å². The molecule has 2 rings (SSSR count). The Bertz CT molecular complexity index is 548. The average Bonchev–Trinajstić information content (AvgIpc) is 2.74. The van der Waals surface area contributed by atoms with Crippen LogP contribution in [0, 0.1) is 4.77 Å². The van der Waals surface area contributed by atoms with E-state index in [1.807, 2.05) is 6.07 Å². The highest BCUT2D eigenvalue weighted by Gasteiger charge is 2.06. The smallest absolute Gasteiger partial charge is 0.242 e. The van der Waals surface area contributed by atoms with Gasteiger partial charge in [-0.3, -0.25) is 0 Å². The van der Waals surface area contributed by atoms with Crippen LogP contribution in [0.2, 0.25) is 0 Å². The van der Waals surface area contributed by atoms with E-state index >= 15 is 0 Å². The number of nitrogens with one attached hydrogen (secondary N) is 1. The van der Waals surface area contributed by atoms with Crippen molar-refractivity contribution >= 4 is 12.2 Å². The van der Waals surface area contributed by atoms with Crippen LogP contribution in [0.5, 0.6) is 11.5 Å². The van der Waals surface area contributed by atoms with E-state index < -0.39 is 0 Å². The fraction of sp³-hybridized carbons (Fsp3) is 0.222. The molecule has 0 aliphatic carbocycles. The number of H-pyrrole nitrogens is 1. The van der Waals surface area contributed by atoms with Crippen LogP contribution in [0.4, 0.5) is 0 Å². The van der Waals surface area contributed by atoms with Crippen molar-refractivity contribution in [1.29, 1.82) is 0 Å². The monoisotopic (exact) mass is 238 g/mol. The van der Waals surface area contributed by atoms with E-state index in [-0.39, 0.29) is 0 Å². The maximum atomic E-state index is 5.19. The molecule has 0 saturated carbocycles. The van der Waals surface area contributed by atoms with E-state index in [9.17, 15) is 0 Å². The Balaban J connectivity index is 2.52. The highest BCUT2D eigenvalue weighted by Crippen LogP contribution is 2.28. The van der Waals surface area contributed by atoms with Crippen molar-refractivity contribution < 1.29 is 9.47 Å². The van der Waals surface area contributed by atoms with E-state index in [2.05, 4.69) is 15.5 Å². The first-order chi connectivity index (χ1) is 7.76. The Morgan fingerprint density at radius 1 is 1.25 bits per heavy atom. The molecule has 0 saturated heterocycles. The second-order valence-electron chi connectivity index (χ2n) is 2.96. The Kier molecular flexibility index (Phi) is 2.86. The maximum Gasteiger partial charge on any atom is 0.242 e. The molecule has 1 heterocycles. The van der Waals surface area contributed by atoms with Gasteiger partial charge in [-0.05, 0) is 24.4 Å². The Morgan fingerprint density at radius 3 is 2.56 bits per heavy atom. The first-order valence-electron chi connectivity index (χ1n) is 4.48. The van der Waals surface area contributed by atoms with E-state index in [0.29, 0.717) is 16.3 Å². The lowest BCUT2D eigenvalue weighted by Crippen LogP contribution is -1.98. The minimum absolute atomic E-state index is 0.354. The number of hydrogen-bond acceptors (Lipinski definition) is 5. The van der Waals surface area contributed by atoms with Gasteiger partial charge in [0, 0.05) is 6.07 Å². The first-order valence-corrected chi connectivity index (χ1v) is 4.89. The summed E-state index contributed by atoms with van der Waals surface area (Å²) in [6.45, 7) is 0. The molecule has 84 valence electrons. The van der Waals surface area contributed by atoms with Crippen LogP contribution in [-0.4, -0.2) is 34.4 Å². The predicted octanol–water partition coefficient (Wildman–Crippen LogP) is 1.34. The second kappa shape index (κ2) is 4.31. The van der Waals surface area contributed by atoms with Gasteiger partial charge in [0.25, 0.3) is 0 Å². The molecule has 2 aromatic rings. The van der Waals surface area contributed by atoms with Crippen LogP contribution >= 0.6 is 12.2 Å². The zero-order valence-electron chi connectivity index (χ0n) is 8.80. The van der Waals surface area contributed by atoms with Crippen LogP contribution in [0.25, 0.3) is 5.69 Å². The molecule has 0 amide bonds. The highest BCUT2D eigenvalue weighted by atomic mass is 32.1. The van der Waals surface area contributed by atoms with Gasteiger partial charge in [0.05, 0.1) is 19.9 Å². The molecular formula is C9H10N4O2S. The van der Waals surface area contributed by atoms with E-state index in [0.717, 1.165) is 5.69 Å². The summed E-state index contributed by atoms with van der Waals surface area (Å²) in [4.78, 5) is 0. The number of hydrogen-bond donors (Lipinski definition) is 1. The normalized spacial score (nSPS) is 10.1. The summed E-state index contributed by atoms with van der Waals surface area (Å²) >= 11 is 4.99. The number of ether oxygens (including phenoxy) is 2. The van der Waals surface area contributed by atoms with Crippen LogP contribution in [-0.2, 0) is 0 Å². The molecule has 0 aliphatic heterocycles. The summed E-state index contributed by atoms with van der Waals surface area (Å²) in [5.41, 5.74) is 0.785. The summed E-state index contributed by atoms with van der Waals surface area (Å²) in [6.07, 6.45) is 0. The number of tetrazole rings is 1. The number of aromatic amines is 1. The molecule has 1 aromatic carbocycles. The Labute approximate surface area is 96.8 Å². The lowest BCUT2D eigenvalue weighted by atomic mass is 10.3. The molecule has 0 radical (unpaired) electrons. The number of nitrogens with zero attached hydrogens (tertiary/aromatic N) is 3. The van der Waals surface area contributed by atoms with Crippen molar-refractivity contribution in [3.05, 3.63) is 23.0 Å². The van der Waals surface area contributed by atoms with Crippen molar-refractivity contribution in [2.45, 2.75) is 0 Å². The summed E-state index contributed by atoms with van der Waals surface area (Å²) in [5.74, 6) is 1.28. The standard InChI is InChI=1S/C9H10N4O2S/c1-14-7-4-3-6(5-8(7)15-2)13-9(16)10-11-12-13/h3-5H,1-2H3,(H,10,12,16). The number of benzene rings is 1. The van der Waals surface area contributed by atoms with E-state index in [1.165, 1.54) is 0 Å². The molecule has 6 nitrogen and oxygen atoms in total. The van der Waals surface area contributed by atoms with Crippen molar-refractivity contribution in [2.24, 2.45) is 0 Å². The maximum absolute atomic E-state index is 5.19. The molecule has 0 fully saturated rings. The summed E-state index contributed by atoms with van der Waals surface area (Å²) < 4.78 is 12.2. The van der Waals surface area contributed by atoms with Crippen LogP contribution in [0.15, 0.2) is 18.2 Å². The molecule has 0 unspecified atom stereocenters. The second-order valence-corrected chi connectivity index (χ2v) is 3.32. The summed E-state index contributed by atoms with van der Waals surface area (Å²) in [5, 5.41) is 9.96. The van der Waals surface area contributed by atoms with Crippen LogP contribution < -0.4 is 9.47 Å². The molecule has 16 heavy (non-hydrogen) atoms. The molecule has 7 heteroatoms. The van der Waals surface area contributed by atoms with Crippen molar-refractivity contribution in [3.63, 3.8) is 0 Å². The summed E-state index contributed by atoms with van der Waals surface area (Å²) in [7, 11) is 3.16. The van der Waals surface area contributed by atoms with Gasteiger partial charge >= 0.3 is 0 Å². The lowest BCUT2D eigenvalue weighted by Gasteiger charge is -2.09. The van der Waals surface area contributed by atoms with Crippen LogP contribution in [0.3, 0.4) is 0 Å². The third-order valence-corrected chi connectivity index (χ3v) is 2.36. The molecule has 0 aliphatic rings. The fourth-order valence-corrected chi connectivity index (χ4v) is 1.52. The summed E-state index contributed by atoms with van der Waals surface area (Å²) in [6, 6.07) is 5.41. The number of aromatic nitrogens is 4. The van der Waals surface area contributed by atoms with Gasteiger partial charge in [-0.1, -0.05) is 10.3 Å². The van der Waals surface area contributed by atoms with Gasteiger partial charge in [0.1, 0.15) is 0 Å². The van der Waals surface area contributed by atoms with E-state index in [4.69, 9.17) is 21.7 Å². The largest absolute Gasteiger partial charge is 0.493 e. The lowest BCUT2D eigenvalue weighted by molar-refractivity contribution is 0.354. The van der Waals surface area contributed by atoms with Gasteiger partial charge in [-0.25, -0.2) is 4.68 Å². The van der Waals surface area contributed by atoms with Gasteiger partial charge in [0.15, 0.2) is 11.5 Å². The van der Waals surface area contributed by atoms with Gasteiger partial charge in [-0.15, -0.1) is 0 Å². The van der Waals surface area contributed by atoms with Crippen molar-refractivity contribution in [1.82, 2.24) is 20.2 Å². The van der Waals surface area contributed by atoms with Gasteiger partial charge in [-0.2, -0.15) is 5.21 Å². The average molecular weight is 238 g/mol. The van der Waals surface area contributed by atoms with Gasteiger partial charge < -0.3 is 9.47 Å². The first kappa shape index (κ1) is 10.6. The van der Waals surface area contributed by atoms with Crippen molar-refractivity contribution in [3.8, 4) is 17.2 Å². The molecule has 0 bridgehead atoms. The molecule has 1 N–H and O–H groups in total. The van der Waals surface area contributed by atoms with Crippen molar-refractivity contribution in [2.75, 3.05) is 14.2 Å². The van der Waals surface area contributed by atoms with Gasteiger partial charge in [0.2, 0.25) is 4.77 Å². The highest BCUT2D eigenvalue weighted by molar-refractivity contribution is 7.71. The molecule has 0 atom stereocenters. The number of methoxy groups -OCH3 is 2. The fourth-order valence-electron chi connectivity index (χ4n) is 1.33. The molecular weight excluding hydrogens is 228 g/mol. The molecule has 0 spiro atoms. The third kappa shape index (κ3) is 1.76. The Hall–Kier alpha value is -1.89. The minimum Gasteiger partial charge on any atom is -0.493 e. The topological polar surface area (TPSA) is 65.0 Å². The third-order valence-electron chi connectivity index (χ3n) is 2.10. The predicted molar refractivity (Wildman–Crippen MR) is 59.6 cm³/mol. The minimum atomic E-state index is 0.354. The zero-order chi connectivity index (χ0) is 11.5. The molecule has 1 aromatic heterocycles. The SMILES string of the molecule is COc1ccc(-n2[nH]nnc2=S)cc1OC. The Morgan fingerprint density at radius 2 is 2.00 bits per heavy atom. The number of rotatable bonds is 3. The quantitative estimate of drug-likeness (QED) is 0.817. The van der Waals surface area contributed by atoms with E-state index in [1.54, 1.807) is 31.0 Å².